The van der Waals surface area contributed by atoms with Gasteiger partial charge in [-0.05, 0) is 13.3 Å². The third-order valence-corrected chi connectivity index (χ3v) is 4.62. The molecule has 0 aliphatic rings. The molecule has 0 fully saturated rings. The molecule has 0 saturated carbocycles. The highest BCUT2D eigenvalue weighted by molar-refractivity contribution is 4.50. The molecule has 0 rings (SSSR count). The Balaban J connectivity index is 0. The number of hydrogen-bond donors (Lipinski definition) is 4. The standard InChI is InChI=1S/C18H39NO2.C2H7NO3/c1-2-3-4-5-6-7-8-9-10-11-12-13-14-15-16-17-18-19(20)21;1-2-3(4,5)6/h20-21H,2-18H2,1H3;4-5H,2H2,1H3. The summed E-state index contributed by atoms with van der Waals surface area (Å²) in [6, 6.07) is 0. The first kappa shape index (κ1) is 28.9. The number of nitrogens with zero attached hydrogens (tertiary/aromatic N) is 2. The zero-order valence-electron chi connectivity index (χ0n) is 17.8. The highest BCUT2D eigenvalue weighted by Crippen LogP contribution is 2.13. The van der Waals surface area contributed by atoms with Gasteiger partial charge in [-0.3, -0.25) is 10.4 Å². The lowest BCUT2D eigenvalue weighted by molar-refractivity contribution is -1.21. The molecule has 0 aliphatic carbocycles. The fraction of sp³-hybridized carbons (Fsp3) is 1.00. The van der Waals surface area contributed by atoms with E-state index in [2.05, 4.69) is 6.92 Å². The molecule has 0 amide bonds. The van der Waals surface area contributed by atoms with Gasteiger partial charge in [0.15, 0.2) is 0 Å². The Kier molecular flexibility index (Phi) is 23.6. The first-order valence-electron chi connectivity index (χ1n) is 11.0. The molecule has 166 valence electrons. The average Bonchev–Trinajstić information content (AvgIpc) is 2.61. The van der Waals surface area contributed by atoms with Gasteiger partial charge in [0.25, 0.3) is 0 Å². The van der Waals surface area contributed by atoms with E-state index in [1.807, 2.05) is 0 Å². The predicted molar refractivity (Wildman–Crippen MR) is 108 cm³/mol. The fourth-order valence-corrected chi connectivity index (χ4v) is 2.80. The highest BCUT2D eigenvalue weighted by atomic mass is 17.1. The first-order chi connectivity index (χ1) is 12.8. The zero-order valence-corrected chi connectivity index (χ0v) is 17.8. The Morgan fingerprint density at radius 2 is 0.852 bits per heavy atom. The summed E-state index contributed by atoms with van der Waals surface area (Å²) in [5.41, 5.74) is 0. The van der Waals surface area contributed by atoms with Gasteiger partial charge in [0, 0.05) is 0 Å². The normalized spacial score (nSPS) is 11.6. The molecule has 0 saturated heterocycles. The van der Waals surface area contributed by atoms with E-state index in [1.165, 1.54) is 96.8 Å². The summed E-state index contributed by atoms with van der Waals surface area (Å²) in [6.45, 7) is 3.78. The van der Waals surface area contributed by atoms with Crippen molar-refractivity contribution < 1.29 is 25.8 Å². The molecule has 0 aromatic carbocycles. The van der Waals surface area contributed by atoms with Crippen LogP contribution in [0.3, 0.4) is 0 Å². The minimum atomic E-state index is -2.18. The van der Waals surface area contributed by atoms with Crippen molar-refractivity contribution in [2.45, 2.75) is 117 Å². The van der Waals surface area contributed by atoms with Crippen molar-refractivity contribution in [1.29, 1.82) is 0 Å². The maximum atomic E-state index is 9.52. The number of hydroxylamine groups is 5. The maximum absolute atomic E-state index is 9.52. The zero-order chi connectivity index (χ0) is 20.8. The van der Waals surface area contributed by atoms with Gasteiger partial charge < -0.3 is 5.21 Å². The SMILES string of the molecule is CCCCCCCCCCCCCCCCCCN(O)O.CC[N+]([O-])(O)O. The summed E-state index contributed by atoms with van der Waals surface area (Å²) in [5.74, 6) is 0. The third kappa shape index (κ3) is 33.7. The van der Waals surface area contributed by atoms with E-state index in [9.17, 15) is 5.21 Å². The van der Waals surface area contributed by atoms with Crippen molar-refractivity contribution in [1.82, 2.24) is 5.23 Å². The molecular weight excluding hydrogens is 348 g/mol. The summed E-state index contributed by atoms with van der Waals surface area (Å²) in [4.78, 5) is -2.18. The Morgan fingerprint density at radius 1 is 0.593 bits per heavy atom. The van der Waals surface area contributed by atoms with Crippen molar-refractivity contribution in [3.8, 4) is 0 Å². The van der Waals surface area contributed by atoms with Crippen LogP contribution in [-0.4, -0.2) is 44.1 Å². The van der Waals surface area contributed by atoms with E-state index in [-0.39, 0.29) is 6.54 Å². The van der Waals surface area contributed by atoms with Crippen LogP contribution < -0.4 is 0 Å². The third-order valence-electron chi connectivity index (χ3n) is 4.62. The van der Waals surface area contributed by atoms with Crippen LogP contribution in [0.1, 0.15) is 117 Å². The summed E-state index contributed by atoms with van der Waals surface area (Å²) in [6.07, 6.45) is 21.4. The molecule has 0 unspecified atom stereocenters. The van der Waals surface area contributed by atoms with Gasteiger partial charge in [0.1, 0.15) is 6.54 Å². The van der Waals surface area contributed by atoms with Crippen LogP contribution in [0.2, 0.25) is 0 Å². The van der Waals surface area contributed by atoms with Crippen LogP contribution in [0, 0.1) is 5.21 Å². The lowest BCUT2D eigenvalue weighted by Crippen LogP contribution is -2.33. The molecular formula is C20H46N2O5. The Labute approximate surface area is 166 Å². The molecule has 0 aromatic heterocycles. The Bertz CT molecular complexity index is 274. The minimum Gasteiger partial charge on any atom is -0.564 e. The van der Waals surface area contributed by atoms with Crippen molar-refractivity contribution in [2.75, 3.05) is 13.1 Å². The molecule has 7 nitrogen and oxygen atoms in total. The van der Waals surface area contributed by atoms with Gasteiger partial charge in [0.2, 0.25) is 0 Å². The van der Waals surface area contributed by atoms with Crippen LogP contribution >= 0.6 is 0 Å². The van der Waals surface area contributed by atoms with E-state index in [0.29, 0.717) is 11.8 Å². The van der Waals surface area contributed by atoms with Gasteiger partial charge in [-0.2, -0.15) is 10.4 Å². The Morgan fingerprint density at radius 3 is 1.07 bits per heavy atom. The van der Waals surface area contributed by atoms with Crippen molar-refractivity contribution in [3.63, 3.8) is 0 Å². The van der Waals surface area contributed by atoms with Crippen LogP contribution in [-0.2, 0) is 0 Å². The topological polar surface area (TPSA) is 107 Å². The lowest BCUT2D eigenvalue weighted by Gasteiger charge is -2.20. The van der Waals surface area contributed by atoms with Crippen LogP contribution in [0.15, 0.2) is 0 Å². The molecule has 0 heterocycles. The van der Waals surface area contributed by atoms with E-state index in [4.69, 9.17) is 20.8 Å². The minimum absolute atomic E-state index is 0.236. The van der Waals surface area contributed by atoms with Crippen molar-refractivity contribution in [3.05, 3.63) is 5.21 Å². The van der Waals surface area contributed by atoms with E-state index in [1.54, 1.807) is 0 Å². The van der Waals surface area contributed by atoms with Crippen LogP contribution in [0.25, 0.3) is 0 Å². The molecule has 0 bridgehead atoms. The molecule has 0 spiro atoms. The van der Waals surface area contributed by atoms with Gasteiger partial charge in [0.05, 0.1) is 6.54 Å². The van der Waals surface area contributed by atoms with Crippen molar-refractivity contribution in [2.24, 2.45) is 0 Å². The molecule has 0 atom stereocenters. The molecule has 27 heavy (non-hydrogen) atoms. The van der Waals surface area contributed by atoms with Gasteiger partial charge in [-0.25, -0.2) is 0 Å². The largest absolute Gasteiger partial charge is 0.564 e. The van der Waals surface area contributed by atoms with Crippen molar-refractivity contribution >= 4 is 0 Å². The number of quaternary nitrogens is 1. The summed E-state index contributed by atoms with van der Waals surface area (Å²) in [7, 11) is 0. The fourth-order valence-electron chi connectivity index (χ4n) is 2.80. The molecule has 0 aromatic rings. The number of rotatable bonds is 18. The smallest absolute Gasteiger partial charge is 0.139 e. The van der Waals surface area contributed by atoms with Gasteiger partial charge >= 0.3 is 0 Å². The molecule has 4 N–H and O–H groups in total. The predicted octanol–water partition coefficient (Wildman–Crippen LogP) is 6.43. The van der Waals surface area contributed by atoms with Gasteiger partial charge in [-0.15, -0.1) is 0 Å². The maximum Gasteiger partial charge on any atom is 0.139 e. The number of hydrogen-bond acceptors (Lipinski definition) is 6. The quantitative estimate of drug-likeness (QED) is 0.121. The summed E-state index contributed by atoms with van der Waals surface area (Å²) >= 11 is 0. The van der Waals surface area contributed by atoms with E-state index >= 15 is 0 Å². The second-order valence-electron chi connectivity index (χ2n) is 7.38. The molecule has 0 aliphatic heterocycles. The van der Waals surface area contributed by atoms with E-state index < -0.39 is 4.97 Å². The van der Waals surface area contributed by atoms with Crippen LogP contribution in [0.5, 0.6) is 0 Å². The summed E-state index contributed by atoms with van der Waals surface area (Å²) < 4.78 is 0. The number of unbranched alkanes of at least 4 members (excludes halogenated alkanes) is 15. The van der Waals surface area contributed by atoms with Crippen LogP contribution in [0.4, 0.5) is 0 Å². The van der Waals surface area contributed by atoms with Gasteiger partial charge in [-0.1, -0.05) is 113 Å². The second-order valence-corrected chi connectivity index (χ2v) is 7.38. The second kappa shape index (κ2) is 22.0. The summed E-state index contributed by atoms with van der Waals surface area (Å²) in [5, 5.41) is 42.5. The average molecular weight is 395 g/mol. The molecule has 7 heteroatoms. The monoisotopic (exact) mass is 394 g/mol. The first-order valence-corrected chi connectivity index (χ1v) is 11.0. The highest BCUT2D eigenvalue weighted by Gasteiger charge is 1.99. The lowest BCUT2D eigenvalue weighted by atomic mass is 10.0. The Hall–Kier alpha value is -0.280. The molecule has 0 radical (unpaired) electrons. The van der Waals surface area contributed by atoms with E-state index in [0.717, 1.165) is 12.8 Å².